The van der Waals surface area contributed by atoms with E-state index in [1.165, 1.54) is 12.8 Å². The minimum Gasteiger partial charge on any atom is -0.496 e. The van der Waals surface area contributed by atoms with Crippen LogP contribution in [0, 0.1) is 5.92 Å². The average molecular weight is 326 g/mol. The van der Waals surface area contributed by atoms with Gasteiger partial charge in [0.25, 0.3) is 0 Å². The number of hydrogen-bond acceptors (Lipinski definition) is 3. The van der Waals surface area contributed by atoms with Gasteiger partial charge in [0.2, 0.25) is 0 Å². The molecule has 1 aromatic carbocycles. The number of ketones is 1. The molecule has 19 heavy (non-hydrogen) atoms. The van der Waals surface area contributed by atoms with Gasteiger partial charge in [0.05, 0.1) is 18.1 Å². The number of nitrogens with zero attached hydrogens (tertiary/aromatic N) is 1. The first-order valence-electron chi connectivity index (χ1n) is 6.60. The van der Waals surface area contributed by atoms with Gasteiger partial charge < -0.3 is 4.74 Å². The Bertz CT molecular complexity index is 471. The zero-order valence-corrected chi connectivity index (χ0v) is 13.2. The Hall–Kier alpha value is -0.870. The van der Waals surface area contributed by atoms with Crippen molar-refractivity contribution in [2.75, 3.05) is 20.7 Å². The SMILES string of the molecule is COc1ccc(C(=O)CN(C)C(C)C2CC2)cc1Br. The monoisotopic (exact) mass is 325 g/mol. The molecule has 0 amide bonds. The van der Waals surface area contributed by atoms with E-state index in [1.807, 2.05) is 25.2 Å². The maximum Gasteiger partial charge on any atom is 0.176 e. The summed E-state index contributed by atoms with van der Waals surface area (Å²) < 4.78 is 5.99. The van der Waals surface area contributed by atoms with Gasteiger partial charge in [0.1, 0.15) is 5.75 Å². The van der Waals surface area contributed by atoms with Crippen molar-refractivity contribution in [2.24, 2.45) is 5.92 Å². The van der Waals surface area contributed by atoms with Crippen molar-refractivity contribution in [3.05, 3.63) is 28.2 Å². The highest BCUT2D eigenvalue weighted by Gasteiger charge is 2.31. The molecule has 1 saturated carbocycles. The number of carbonyl (C=O) groups is 1. The predicted molar refractivity (Wildman–Crippen MR) is 79.8 cm³/mol. The van der Waals surface area contributed by atoms with Crippen molar-refractivity contribution in [3.8, 4) is 5.75 Å². The summed E-state index contributed by atoms with van der Waals surface area (Å²) in [5.74, 6) is 1.68. The number of likely N-dealkylation sites (N-methyl/N-ethyl adjacent to an activating group) is 1. The summed E-state index contributed by atoms with van der Waals surface area (Å²) in [5.41, 5.74) is 0.725. The summed E-state index contributed by atoms with van der Waals surface area (Å²) in [6.07, 6.45) is 2.60. The highest BCUT2D eigenvalue weighted by Crippen LogP contribution is 2.34. The molecule has 3 nitrogen and oxygen atoms in total. The molecule has 1 aliphatic carbocycles. The van der Waals surface area contributed by atoms with Crippen molar-refractivity contribution in [1.82, 2.24) is 4.90 Å². The molecule has 0 N–H and O–H groups in total. The zero-order valence-electron chi connectivity index (χ0n) is 11.6. The Kier molecular flexibility index (Phi) is 4.63. The molecule has 4 heteroatoms. The summed E-state index contributed by atoms with van der Waals surface area (Å²) >= 11 is 3.41. The Morgan fingerprint density at radius 1 is 1.53 bits per heavy atom. The Balaban J connectivity index is 2.00. The number of ether oxygens (including phenoxy) is 1. The third kappa shape index (κ3) is 3.57. The second-order valence-corrected chi connectivity index (χ2v) is 6.12. The summed E-state index contributed by atoms with van der Waals surface area (Å²) in [7, 11) is 3.64. The molecule has 1 fully saturated rings. The number of halogens is 1. The van der Waals surface area contributed by atoms with Crippen LogP contribution in [0.5, 0.6) is 5.75 Å². The van der Waals surface area contributed by atoms with E-state index >= 15 is 0 Å². The molecule has 1 atom stereocenters. The summed E-state index contributed by atoms with van der Waals surface area (Å²) in [6, 6.07) is 5.96. The number of benzene rings is 1. The number of methoxy groups -OCH3 is 1. The van der Waals surface area contributed by atoms with Crippen LogP contribution in [-0.4, -0.2) is 37.4 Å². The minimum absolute atomic E-state index is 0.151. The fourth-order valence-corrected chi connectivity index (χ4v) is 2.78. The van der Waals surface area contributed by atoms with Crippen LogP contribution >= 0.6 is 15.9 Å². The second kappa shape index (κ2) is 6.06. The number of hydrogen-bond donors (Lipinski definition) is 0. The van der Waals surface area contributed by atoms with Crippen LogP contribution < -0.4 is 4.74 Å². The van der Waals surface area contributed by atoms with Gasteiger partial charge in [-0.25, -0.2) is 0 Å². The van der Waals surface area contributed by atoms with Crippen molar-refractivity contribution < 1.29 is 9.53 Å². The first kappa shape index (κ1) is 14.5. The topological polar surface area (TPSA) is 29.5 Å². The molecule has 0 spiro atoms. The van der Waals surface area contributed by atoms with Crippen molar-refractivity contribution >= 4 is 21.7 Å². The number of rotatable bonds is 6. The maximum absolute atomic E-state index is 12.3. The third-order valence-corrected chi connectivity index (χ3v) is 4.49. The van der Waals surface area contributed by atoms with E-state index in [0.29, 0.717) is 12.6 Å². The molecule has 0 bridgehead atoms. The van der Waals surface area contributed by atoms with Gasteiger partial charge in [0, 0.05) is 11.6 Å². The van der Waals surface area contributed by atoms with Gasteiger partial charge in [-0.15, -0.1) is 0 Å². The van der Waals surface area contributed by atoms with E-state index in [-0.39, 0.29) is 5.78 Å². The van der Waals surface area contributed by atoms with Crippen LogP contribution in [0.1, 0.15) is 30.1 Å². The lowest BCUT2D eigenvalue weighted by molar-refractivity contribution is 0.0917. The smallest absolute Gasteiger partial charge is 0.176 e. The molecule has 104 valence electrons. The molecule has 0 heterocycles. The molecule has 0 aromatic heterocycles. The van der Waals surface area contributed by atoms with Crippen LogP contribution in [-0.2, 0) is 0 Å². The van der Waals surface area contributed by atoms with Crippen LogP contribution in [0.4, 0.5) is 0 Å². The molecule has 0 aliphatic heterocycles. The summed E-state index contributed by atoms with van der Waals surface area (Å²) in [5, 5.41) is 0. The maximum atomic E-state index is 12.3. The van der Waals surface area contributed by atoms with Crippen molar-refractivity contribution in [3.63, 3.8) is 0 Å². The largest absolute Gasteiger partial charge is 0.496 e. The number of carbonyl (C=O) groups excluding carboxylic acids is 1. The molecule has 0 saturated heterocycles. The highest BCUT2D eigenvalue weighted by molar-refractivity contribution is 9.10. The molecule has 1 aliphatic rings. The fraction of sp³-hybridized carbons (Fsp3) is 0.533. The lowest BCUT2D eigenvalue weighted by Gasteiger charge is -2.23. The van der Waals surface area contributed by atoms with E-state index < -0.39 is 0 Å². The normalized spacial score (nSPS) is 16.5. The Morgan fingerprint density at radius 2 is 2.21 bits per heavy atom. The molecule has 1 unspecified atom stereocenters. The van der Waals surface area contributed by atoms with E-state index in [2.05, 4.69) is 27.8 Å². The quantitative estimate of drug-likeness (QED) is 0.751. The molecule has 2 rings (SSSR count). The average Bonchev–Trinajstić information content (AvgIpc) is 3.21. The van der Waals surface area contributed by atoms with E-state index in [4.69, 9.17) is 4.74 Å². The summed E-state index contributed by atoms with van der Waals surface area (Å²) in [4.78, 5) is 14.4. The van der Waals surface area contributed by atoms with Gasteiger partial charge in [0.15, 0.2) is 5.78 Å². The van der Waals surface area contributed by atoms with Crippen molar-refractivity contribution in [2.45, 2.75) is 25.8 Å². The zero-order chi connectivity index (χ0) is 14.0. The van der Waals surface area contributed by atoms with Crippen LogP contribution in [0.15, 0.2) is 22.7 Å². The van der Waals surface area contributed by atoms with E-state index in [0.717, 1.165) is 21.7 Å². The van der Waals surface area contributed by atoms with E-state index in [9.17, 15) is 4.79 Å². The van der Waals surface area contributed by atoms with Crippen LogP contribution in [0.2, 0.25) is 0 Å². The standard InChI is InChI=1S/C15H20BrNO2/c1-10(11-4-5-11)17(2)9-14(18)12-6-7-15(19-3)13(16)8-12/h6-8,10-11H,4-5,9H2,1-3H3. The van der Waals surface area contributed by atoms with E-state index in [1.54, 1.807) is 7.11 Å². The fourth-order valence-electron chi connectivity index (χ4n) is 2.24. The third-order valence-electron chi connectivity index (χ3n) is 3.87. The second-order valence-electron chi connectivity index (χ2n) is 5.27. The first-order valence-corrected chi connectivity index (χ1v) is 7.39. The first-order chi connectivity index (χ1) is 9.02. The lowest BCUT2D eigenvalue weighted by Crippen LogP contribution is -2.35. The molecule has 0 radical (unpaired) electrons. The highest BCUT2D eigenvalue weighted by atomic mass is 79.9. The Labute approximate surface area is 123 Å². The summed E-state index contributed by atoms with van der Waals surface area (Å²) in [6.45, 7) is 2.67. The number of Topliss-reactive ketones (excluding diaryl/α,β-unsaturated/α-hetero) is 1. The Morgan fingerprint density at radius 3 is 2.74 bits per heavy atom. The lowest BCUT2D eigenvalue weighted by atomic mass is 10.1. The molecule has 1 aromatic rings. The van der Waals surface area contributed by atoms with Gasteiger partial charge in [-0.2, -0.15) is 0 Å². The van der Waals surface area contributed by atoms with Crippen LogP contribution in [0.25, 0.3) is 0 Å². The van der Waals surface area contributed by atoms with Gasteiger partial charge in [-0.3, -0.25) is 9.69 Å². The predicted octanol–water partition coefficient (Wildman–Crippen LogP) is 3.37. The van der Waals surface area contributed by atoms with Crippen molar-refractivity contribution in [1.29, 1.82) is 0 Å². The molecular weight excluding hydrogens is 306 g/mol. The minimum atomic E-state index is 0.151. The van der Waals surface area contributed by atoms with Gasteiger partial charge in [-0.1, -0.05) is 0 Å². The molecular formula is C15H20BrNO2. The van der Waals surface area contributed by atoms with Crippen LogP contribution in [0.3, 0.4) is 0 Å². The van der Waals surface area contributed by atoms with Gasteiger partial charge >= 0.3 is 0 Å². The van der Waals surface area contributed by atoms with Gasteiger partial charge in [-0.05, 0) is 66.9 Å².